The smallest absolute Gasteiger partial charge is 0.306 e. The number of benzene rings is 2. The Morgan fingerprint density at radius 2 is 1.71 bits per heavy atom. The van der Waals surface area contributed by atoms with Crippen molar-refractivity contribution >= 4 is 52.6 Å². The summed E-state index contributed by atoms with van der Waals surface area (Å²) in [4.78, 5) is 43.8. The third kappa shape index (κ3) is 8.74. The van der Waals surface area contributed by atoms with Crippen molar-refractivity contribution in [2.45, 2.75) is 38.8 Å². The molecule has 2 atom stereocenters. The summed E-state index contributed by atoms with van der Waals surface area (Å²) in [6.45, 7) is 7.60. The van der Waals surface area contributed by atoms with Crippen molar-refractivity contribution in [3.63, 3.8) is 0 Å². The van der Waals surface area contributed by atoms with Gasteiger partial charge in [-0.2, -0.15) is 0 Å². The first-order valence-electron chi connectivity index (χ1n) is 14.3. The number of nitrogens with one attached hydrogen (secondary N) is 1. The molecule has 0 saturated carbocycles. The molecule has 0 aromatic heterocycles. The lowest BCUT2D eigenvalue weighted by Gasteiger charge is -2.37. The maximum atomic E-state index is 13.0. The predicted molar refractivity (Wildman–Crippen MR) is 164 cm³/mol. The molecule has 2 unspecified atom stereocenters. The summed E-state index contributed by atoms with van der Waals surface area (Å²) >= 11 is 18.3. The van der Waals surface area contributed by atoms with Gasteiger partial charge in [-0.05, 0) is 55.2 Å². The molecule has 0 aliphatic carbocycles. The number of rotatable bonds is 11. The van der Waals surface area contributed by atoms with Crippen LogP contribution in [-0.4, -0.2) is 96.1 Å². The molecule has 2 saturated heterocycles. The Labute approximate surface area is 261 Å². The van der Waals surface area contributed by atoms with Gasteiger partial charge in [-0.25, -0.2) is 0 Å². The number of piperazine rings is 1. The highest BCUT2D eigenvalue weighted by Crippen LogP contribution is 2.27. The molecule has 0 spiro atoms. The second kappa shape index (κ2) is 15.3. The lowest BCUT2D eigenvalue weighted by Crippen LogP contribution is -2.48. The molecular formula is C30H37Cl3N4O5. The van der Waals surface area contributed by atoms with E-state index in [9.17, 15) is 19.5 Å². The van der Waals surface area contributed by atoms with Crippen LogP contribution in [0.1, 0.15) is 42.1 Å². The number of carbonyl (C=O) groups excluding carboxylic acids is 2. The standard InChI is InChI=1S/C30H37Cl3N4O5/c1-2-23-16-21(30(40)41)7-9-37(23)28(38)19-42-27-17-22(31)4-5-24(27)29(39)34-8-10-35-11-13-36(14-12-35)18-20-3-6-25(32)26(33)15-20/h3-6,15,17,21,23H,2,7-14,16,18-19H2,1H3,(H,34,39)(H,40,41). The number of carboxylic acid groups (broad SMARTS) is 1. The van der Waals surface area contributed by atoms with E-state index in [-0.39, 0.29) is 30.2 Å². The van der Waals surface area contributed by atoms with Crippen LogP contribution in [0.25, 0.3) is 0 Å². The Kier molecular flexibility index (Phi) is 11.7. The highest BCUT2D eigenvalue weighted by molar-refractivity contribution is 6.42. The fourth-order valence-electron chi connectivity index (χ4n) is 5.51. The number of hydrogen-bond donors (Lipinski definition) is 2. The largest absolute Gasteiger partial charge is 0.483 e. The van der Waals surface area contributed by atoms with Gasteiger partial charge in [0.2, 0.25) is 0 Å². The Morgan fingerprint density at radius 1 is 0.976 bits per heavy atom. The first-order valence-corrected chi connectivity index (χ1v) is 15.4. The van der Waals surface area contributed by atoms with Gasteiger partial charge >= 0.3 is 5.97 Å². The summed E-state index contributed by atoms with van der Waals surface area (Å²) in [6, 6.07) is 10.3. The molecule has 12 heteroatoms. The number of hydrogen-bond acceptors (Lipinski definition) is 6. The average Bonchev–Trinajstić information content (AvgIpc) is 2.98. The Bertz CT molecular complexity index is 1270. The second-order valence-electron chi connectivity index (χ2n) is 10.8. The van der Waals surface area contributed by atoms with Gasteiger partial charge in [-0.3, -0.25) is 24.2 Å². The van der Waals surface area contributed by atoms with Crippen LogP contribution in [0.5, 0.6) is 5.75 Å². The highest BCUT2D eigenvalue weighted by atomic mass is 35.5. The van der Waals surface area contributed by atoms with Crippen LogP contribution in [0.15, 0.2) is 36.4 Å². The molecule has 2 fully saturated rings. The summed E-state index contributed by atoms with van der Waals surface area (Å²) in [6.07, 6.45) is 1.50. The molecule has 2 aromatic carbocycles. The van der Waals surface area contributed by atoms with Crippen molar-refractivity contribution in [2.24, 2.45) is 5.92 Å². The summed E-state index contributed by atoms with van der Waals surface area (Å²) in [7, 11) is 0. The van der Waals surface area contributed by atoms with Gasteiger partial charge in [-0.1, -0.05) is 47.8 Å². The molecule has 4 rings (SSSR count). The number of nitrogens with zero attached hydrogens (tertiary/aromatic N) is 3. The minimum Gasteiger partial charge on any atom is -0.483 e. The van der Waals surface area contributed by atoms with Crippen LogP contribution < -0.4 is 10.1 Å². The van der Waals surface area contributed by atoms with Gasteiger partial charge in [0.05, 0.1) is 21.5 Å². The summed E-state index contributed by atoms with van der Waals surface area (Å²) < 4.78 is 5.81. The first-order chi connectivity index (χ1) is 20.1. The van der Waals surface area contributed by atoms with Crippen molar-refractivity contribution < 1.29 is 24.2 Å². The Hall–Kier alpha value is -2.56. The van der Waals surface area contributed by atoms with Crippen LogP contribution in [0.4, 0.5) is 0 Å². The molecule has 228 valence electrons. The topological polar surface area (TPSA) is 102 Å². The molecule has 9 nitrogen and oxygen atoms in total. The van der Waals surface area contributed by atoms with E-state index >= 15 is 0 Å². The fourth-order valence-corrected chi connectivity index (χ4v) is 5.99. The molecule has 0 radical (unpaired) electrons. The van der Waals surface area contributed by atoms with E-state index in [0.717, 1.165) is 38.3 Å². The van der Waals surface area contributed by atoms with Crippen molar-refractivity contribution in [1.29, 1.82) is 0 Å². The maximum absolute atomic E-state index is 13.0. The van der Waals surface area contributed by atoms with Gasteiger partial charge in [0.25, 0.3) is 11.8 Å². The van der Waals surface area contributed by atoms with Gasteiger partial charge in [0.15, 0.2) is 6.61 Å². The third-order valence-corrected chi connectivity index (χ3v) is 8.94. The molecule has 2 aromatic rings. The van der Waals surface area contributed by atoms with E-state index in [4.69, 9.17) is 39.5 Å². The number of amides is 2. The normalized spacial score (nSPS) is 19.9. The fraction of sp³-hybridized carbons (Fsp3) is 0.500. The van der Waals surface area contributed by atoms with E-state index in [0.29, 0.717) is 59.5 Å². The summed E-state index contributed by atoms with van der Waals surface area (Å²) in [5.41, 5.74) is 1.43. The molecule has 2 amide bonds. The number of carboxylic acids is 1. The second-order valence-corrected chi connectivity index (χ2v) is 12.0. The minimum absolute atomic E-state index is 0.157. The van der Waals surface area contributed by atoms with Crippen molar-refractivity contribution in [3.8, 4) is 5.75 Å². The molecule has 2 aliphatic rings. The molecule has 42 heavy (non-hydrogen) atoms. The van der Waals surface area contributed by atoms with Crippen LogP contribution in [0.3, 0.4) is 0 Å². The van der Waals surface area contributed by atoms with Crippen molar-refractivity contribution in [3.05, 3.63) is 62.6 Å². The van der Waals surface area contributed by atoms with Gasteiger partial charge in [0, 0.05) is 63.4 Å². The zero-order chi connectivity index (χ0) is 30.2. The zero-order valence-electron chi connectivity index (χ0n) is 23.7. The summed E-state index contributed by atoms with van der Waals surface area (Å²) in [5.74, 6) is -1.58. The molecule has 0 bridgehead atoms. The van der Waals surface area contributed by atoms with E-state index < -0.39 is 11.9 Å². The van der Waals surface area contributed by atoms with E-state index in [1.54, 1.807) is 17.0 Å². The van der Waals surface area contributed by atoms with Crippen LogP contribution in [-0.2, 0) is 16.1 Å². The van der Waals surface area contributed by atoms with E-state index in [1.807, 2.05) is 25.1 Å². The first kappa shape index (κ1) is 32.4. The van der Waals surface area contributed by atoms with Crippen LogP contribution in [0, 0.1) is 5.92 Å². The van der Waals surface area contributed by atoms with Crippen LogP contribution in [0.2, 0.25) is 15.1 Å². The number of ether oxygens (including phenoxy) is 1. The number of aliphatic carboxylic acids is 1. The molecule has 2 heterocycles. The maximum Gasteiger partial charge on any atom is 0.306 e. The Morgan fingerprint density at radius 3 is 2.40 bits per heavy atom. The van der Waals surface area contributed by atoms with Gasteiger partial charge < -0.3 is 20.1 Å². The van der Waals surface area contributed by atoms with Crippen LogP contribution >= 0.6 is 34.8 Å². The quantitative estimate of drug-likeness (QED) is 0.368. The number of likely N-dealkylation sites (tertiary alicyclic amines) is 1. The van der Waals surface area contributed by atoms with Gasteiger partial charge in [0.1, 0.15) is 5.75 Å². The highest BCUT2D eigenvalue weighted by Gasteiger charge is 2.34. The lowest BCUT2D eigenvalue weighted by molar-refractivity contribution is -0.148. The van der Waals surface area contributed by atoms with Gasteiger partial charge in [-0.15, -0.1) is 0 Å². The number of piperidine rings is 1. The van der Waals surface area contributed by atoms with E-state index in [2.05, 4.69) is 15.1 Å². The minimum atomic E-state index is -0.825. The third-order valence-electron chi connectivity index (χ3n) is 7.96. The Balaban J connectivity index is 1.23. The SMILES string of the molecule is CCC1CC(C(=O)O)CCN1C(=O)COc1cc(Cl)ccc1C(=O)NCCN1CCN(Cc2ccc(Cl)c(Cl)c2)CC1. The molecule has 2 aliphatic heterocycles. The monoisotopic (exact) mass is 638 g/mol. The van der Waals surface area contributed by atoms with Crippen molar-refractivity contribution in [1.82, 2.24) is 20.0 Å². The average molecular weight is 640 g/mol. The zero-order valence-corrected chi connectivity index (χ0v) is 25.9. The number of halogens is 3. The predicted octanol–water partition coefficient (Wildman–Crippen LogP) is 4.68. The van der Waals surface area contributed by atoms with E-state index in [1.165, 1.54) is 6.07 Å². The lowest BCUT2D eigenvalue weighted by atomic mass is 9.89. The molecule has 2 N–H and O–H groups in total. The molecular weight excluding hydrogens is 603 g/mol. The number of carbonyl (C=O) groups is 3. The summed E-state index contributed by atoms with van der Waals surface area (Å²) in [5, 5.41) is 13.8. The van der Waals surface area contributed by atoms with Crippen molar-refractivity contribution in [2.75, 3.05) is 52.4 Å².